The first-order valence-corrected chi connectivity index (χ1v) is 5.95. The van der Waals surface area contributed by atoms with E-state index in [1.165, 1.54) is 13.3 Å². The molecule has 2 aromatic heterocycles. The fourth-order valence-corrected chi connectivity index (χ4v) is 2.15. The molecule has 0 amide bonds. The van der Waals surface area contributed by atoms with Crippen molar-refractivity contribution in [1.29, 1.82) is 0 Å². The van der Waals surface area contributed by atoms with Gasteiger partial charge in [0.2, 0.25) is 0 Å². The average molecular weight is 317 g/mol. The third kappa shape index (κ3) is 1.99. The minimum atomic E-state index is -0.500. The van der Waals surface area contributed by atoms with Crippen molar-refractivity contribution >= 4 is 32.8 Å². The van der Waals surface area contributed by atoms with E-state index < -0.39 is 5.97 Å². The van der Waals surface area contributed by atoms with Gasteiger partial charge >= 0.3 is 5.97 Å². The van der Waals surface area contributed by atoms with E-state index in [1.807, 2.05) is 0 Å². The summed E-state index contributed by atoms with van der Waals surface area (Å²) in [5.41, 5.74) is 0.754. The Morgan fingerprint density at radius 2 is 2.28 bits per heavy atom. The highest BCUT2D eigenvalue weighted by atomic mass is 79.9. The molecule has 2 heterocycles. The van der Waals surface area contributed by atoms with Crippen LogP contribution in [0.25, 0.3) is 10.9 Å². The van der Waals surface area contributed by atoms with E-state index in [1.54, 1.807) is 6.92 Å². The number of fused-ring (bicyclic) bond motifs is 1. The Bertz CT molecular complexity index is 661. The number of rotatable bonds is 3. The van der Waals surface area contributed by atoms with Gasteiger partial charge in [-0.25, -0.2) is 4.79 Å². The normalized spacial score (nSPS) is 10.6. The predicted molar refractivity (Wildman–Crippen MR) is 66.2 cm³/mol. The number of hydrogen-bond acceptors (Lipinski definition) is 4. The van der Waals surface area contributed by atoms with Crippen molar-refractivity contribution < 1.29 is 18.8 Å². The minimum Gasteiger partial charge on any atom is -0.477 e. The number of carbonyl (C=O) groups is 1. The van der Waals surface area contributed by atoms with Gasteiger partial charge in [-0.1, -0.05) is 5.10 Å². The summed E-state index contributed by atoms with van der Waals surface area (Å²) < 4.78 is 10.9. The van der Waals surface area contributed by atoms with Gasteiger partial charge in [-0.15, -0.1) is 0 Å². The first-order valence-electron chi connectivity index (χ1n) is 5.16. The molecular weight excluding hydrogens is 306 g/mol. The Morgan fingerprint density at radius 3 is 2.89 bits per heavy atom. The molecule has 2 aromatic rings. The molecule has 0 atom stereocenters. The van der Waals surface area contributed by atoms with Crippen LogP contribution in [0.1, 0.15) is 17.4 Å². The summed E-state index contributed by atoms with van der Waals surface area (Å²) in [5.74, 6) is -0.265. The van der Waals surface area contributed by atoms with Crippen LogP contribution in [0.4, 0.5) is 0 Å². The molecule has 18 heavy (non-hydrogen) atoms. The van der Waals surface area contributed by atoms with Crippen LogP contribution in [0.15, 0.2) is 10.7 Å². The van der Waals surface area contributed by atoms with E-state index in [-0.39, 0.29) is 18.2 Å². The van der Waals surface area contributed by atoms with E-state index in [0.717, 1.165) is 0 Å². The molecular formula is C10H11BrN3O4+. The molecule has 7 nitrogen and oxygen atoms in total. The summed E-state index contributed by atoms with van der Waals surface area (Å²) in [5, 5.41) is 2.98. The molecule has 0 aliphatic carbocycles. The lowest BCUT2D eigenvalue weighted by Crippen LogP contribution is -2.18. The van der Waals surface area contributed by atoms with Gasteiger partial charge in [-0.3, -0.25) is 0 Å². The number of hydrogen-bond donors (Lipinski definition) is 2. The zero-order valence-electron chi connectivity index (χ0n) is 9.74. The molecule has 0 aliphatic heterocycles. The fourth-order valence-electron chi connectivity index (χ4n) is 1.59. The van der Waals surface area contributed by atoms with Crippen molar-refractivity contribution in [2.45, 2.75) is 6.92 Å². The van der Waals surface area contributed by atoms with Gasteiger partial charge in [0.25, 0.3) is 12.1 Å². The first kappa shape index (κ1) is 12.6. The number of carbonyl (C=O) groups excluding carboxylic acids is 1. The monoisotopic (exact) mass is 316 g/mol. The van der Waals surface area contributed by atoms with Crippen LogP contribution in [-0.4, -0.2) is 29.8 Å². The van der Waals surface area contributed by atoms with Crippen molar-refractivity contribution in [3.05, 3.63) is 21.3 Å². The number of halogens is 1. The van der Waals surface area contributed by atoms with Gasteiger partial charge in [0.1, 0.15) is 11.2 Å². The number of ether oxygens (including phenoxy) is 2. The Labute approximate surface area is 110 Å². The summed E-state index contributed by atoms with van der Waals surface area (Å²) in [6.07, 6.45) is 1.29. The van der Waals surface area contributed by atoms with E-state index in [2.05, 4.69) is 26.0 Å². The van der Waals surface area contributed by atoms with Crippen LogP contribution in [0, 0.1) is 4.91 Å². The number of methoxy groups -OCH3 is 1. The highest BCUT2D eigenvalue weighted by molar-refractivity contribution is 9.10. The third-order valence-corrected chi connectivity index (χ3v) is 3.17. The summed E-state index contributed by atoms with van der Waals surface area (Å²) in [6.45, 7) is 1.99. The molecule has 96 valence electrons. The highest BCUT2D eigenvalue weighted by Crippen LogP contribution is 2.30. The van der Waals surface area contributed by atoms with Crippen molar-refractivity contribution in [3.63, 3.8) is 0 Å². The topological polar surface area (TPSA) is 90.1 Å². The molecule has 0 fully saturated rings. The molecule has 0 radical (unpaired) electrons. The molecule has 0 bridgehead atoms. The Morgan fingerprint density at radius 1 is 1.56 bits per heavy atom. The molecule has 2 rings (SSSR count). The van der Waals surface area contributed by atoms with Gasteiger partial charge in [-0.2, -0.15) is 0 Å². The van der Waals surface area contributed by atoms with Gasteiger partial charge < -0.3 is 14.5 Å². The van der Waals surface area contributed by atoms with Crippen LogP contribution < -0.4 is 9.28 Å². The standard InChI is InChI=1S/C10H11BrN3O4/c1-3-18-10(15)8-6(11)5-4-14(16)13-9(17-2)7(5)12-8/h4,12H,3H2,1-2H3,(H,13,16)/q+1. The number of nitrogens with zero attached hydrogens (tertiary/aromatic N) is 1. The van der Waals surface area contributed by atoms with Gasteiger partial charge in [0.15, 0.2) is 4.54 Å². The van der Waals surface area contributed by atoms with E-state index in [4.69, 9.17) is 9.47 Å². The lowest BCUT2D eigenvalue weighted by Gasteiger charge is -1.98. The van der Waals surface area contributed by atoms with Crippen LogP contribution in [0.5, 0.6) is 5.88 Å². The second-order valence-electron chi connectivity index (χ2n) is 3.42. The van der Waals surface area contributed by atoms with Crippen LogP contribution >= 0.6 is 15.9 Å². The minimum absolute atomic E-state index is 0.235. The predicted octanol–water partition coefficient (Wildman–Crippen LogP) is 1.36. The number of H-pyrrole nitrogens is 2. The second kappa shape index (κ2) is 4.81. The quantitative estimate of drug-likeness (QED) is 0.661. The highest BCUT2D eigenvalue weighted by Gasteiger charge is 2.22. The maximum absolute atomic E-state index is 11.7. The smallest absolute Gasteiger partial charge is 0.355 e. The SMILES string of the molecule is CCOC(=O)c1[nH]c2c(OC)[nH][n+](=O)cc2c1Br. The molecule has 0 unspecified atom stereocenters. The van der Waals surface area contributed by atoms with Crippen molar-refractivity contribution in [2.24, 2.45) is 0 Å². The fraction of sp³-hybridized carbons (Fsp3) is 0.300. The second-order valence-corrected chi connectivity index (χ2v) is 4.22. The molecule has 0 aromatic carbocycles. The molecule has 0 saturated heterocycles. The Hall–Kier alpha value is -1.83. The van der Waals surface area contributed by atoms with E-state index >= 15 is 0 Å². The van der Waals surface area contributed by atoms with Crippen molar-refractivity contribution in [2.75, 3.05) is 13.7 Å². The first-order chi connectivity index (χ1) is 8.58. The van der Waals surface area contributed by atoms with E-state index in [9.17, 15) is 9.70 Å². The number of nitrogens with one attached hydrogen (secondary N) is 2. The zero-order chi connectivity index (χ0) is 13.3. The third-order valence-electron chi connectivity index (χ3n) is 2.34. The lowest BCUT2D eigenvalue weighted by atomic mass is 10.3. The van der Waals surface area contributed by atoms with Crippen molar-refractivity contribution in [3.8, 4) is 5.88 Å². The number of esters is 1. The summed E-state index contributed by atoms with van der Waals surface area (Å²) in [7, 11) is 1.42. The van der Waals surface area contributed by atoms with Crippen molar-refractivity contribution in [1.82, 2.24) is 10.1 Å². The van der Waals surface area contributed by atoms with Crippen LogP contribution in [0.2, 0.25) is 0 Å². The molecule has 8 heteroatoms. The lowest BCUT2D eigenvalue weighted by molar-refractivity contribution is -0.563. The molecule has 2 N–H and O–H groups in total. The Balaban J connectivity index is 2.69. The summed E-state index contributed by atoms with van der Waals surface area (Å²) >= 11 is 3.27. The number of aromatic nitrogens is 3. The van der Waals surface area contributed by atoms with Crippen LogP contribution in [0.3, 0.4) is 0 Å². The summed E-state index contributed by atoms with van der Waals surface area (Å²) in [4.78, 5) is 25.9. The largest absolute Gasteiger partial charge is 0.477 e. The summed E-state index contributed by atoms with van der Waals surface area (Å²) in [6, 6.07) is 0. The molecule has 0 saturated carbocycles. The maximum atomic E-state index is 11.7. The zero-order valence-corrected chi connectivity index (χ0v) is 11.3. The van der Waals surface area contributed by atoms with Crippen LogP contribution in [-0.2, 0) is 4.74 Å². The number of aromatic amines is 2. The molecule has 0 spiro atoms. The van der Waals surface area contributed by atoms with Gasteiger partial charge in [0, 0.05) is 0 Å². The maximum Gasteiger partial charge on any atom is 0.355 e. The molecule has 0 aliphatic rings. The average Bonchev–Trinajstić information content (AvgIpc) is 2.67. The van der Waals surface area contributed by atoms with E-state index in [0.29, 0.717) is 19.9 Å². The van der Waals surface area contributed by atoms with Gasteiger partial charge in [-0.05, 0) is 22.9 Å². The van der Waals surface area contributed by atoms with Gasteiger partial charge in [0.05, 0.1) is 28.5 Å². The Kier molecular flexibility index (Phi) is 3.37.